The summed E-state index contributed by atoms with van der Waals surface area (Å²) in [6.07, 6.45) is -2.92. The van der Waals surface area contributed by atoms with Gasteiger partial charge < -0.3 is 28.4 Å². The molecule has 0 radical (unpaired) electrons. The number of rotatable bonds is 17. The van der Waals surface area contributed by atoms with Gasteiger partial charge in [0.25, 0.3) is 0 Å². The fourth-order valence-corrected chi connectivity index (χ4v) is 2.29. The van der Waals surface area contributed by atoms with Crippen LogP contribution in [0.15, 0.2) is 0 Å². The van der Waals surface area contributed by atoms with Crippen LogP contribution < -0.4 is 0 Å². The molecule has 0 aromatic carbocycles. The largest absolute Gasteiger partial charge is 0.461 e. The Morgan fingerprint density at radius 2 is 0.632 bits per heavy atom. The van der Waals surface area contributed by atoms with Gasteiger partial charge in [-0.05, 0) is 0 Å². The quantitative estimate of drug-likeness (QED) is 0.194. The van der Waals surface area contributed by atoms with Crippen LogP contribution in [0, 0.1) is 23.7 Å². The Hall–Kier alpha value is -3.18. The zero-order valence-corrected chi connectivity index (χ0v) is 23.6. The first kappa shape index (κ1) is 34.8. The van der Waals surface area contributed by atoms with Gasteiger partial charge in [-0.25, -0.2) is 0 Å². The lowest BCUT2D eigenvalue weighted by Gasteiger charge is -2.20. The Balaban J connectivity index is 4.97. The van der Waals surface area contributed by atoms with Crippen LogP contribution in [0.3, 0.4) is 0 Å². The molecule has 0 rings (SSSR count). The highest BCUT2D eigenvalue weighted by Gasteiger charge is 2.24. The smallest absolute Gasteiger partial charge is 0.308 e. The summed E-state index contributed by atoms with van der Waals surface area (Å²) < 4.78 is 30.8. The van der Waals surface area contributed by atoms with E-state index in [0.717, 1.165) is 0 Å². The molecule has 0 spiro atoms. The molecule has 0 aliphatic carbocycles. The highest BCUT2D eigenvalue weighted by atomic mass is 16.6. The van der Waals surface area contributed by atoms with Gasteiger partial charge in [-0.1, -0.05) is 55.4 Å². The molecule has 0 saturated carbocycles. The molecular formula is C26H42O12. The van der Waals surface area contributed by atoms with Crippen molar-refractivity contribution in [3.05, 3.63) is 0 Å². The zero-order valence-electron chi connectivity index (χ0n) is 23.6. The van der Waals surface area contributed by atoms with Gasteiger partial charge in [0.05, 0.1) is 36.5 Å². The minimum atomic E-state index is -1.07. The Labute approximate surface area is 224 Å². The van der Waals surface area contributed by atoms with E-state index >= 15 is 0 Å². The molecule has 0 fully saturated rings. The summed E-state index contributed by atoms with van der Waals surface area (Å²) in [7, 11) is 0. The van der Waals surface area contributed by atoms with Gasteiger partial charge in [0.15, 0.2) is 12.2 Å². The molecule has 0 N–H and O–H groups in total. The monoisotopic (exact) mass is 546 g/mol. The highest BCUT2D eigenvalue weighted by Crippen LogP contribution is 2.08. The second kappa shape index (κ2) is 18.1. The van der Waals surface area contributed by atoms with Gasteiger partial charge in [-0.3, -0.25) is 28.8 Å². The zero-order chi connectivity index (χ0) is 29.4. The van der Waals surface area contributed by atoms with E-state index in [-0.39, 0.29) is 26.4 Å². The normalized spacial score (nSPS) is 11.2. The van der Waals surface area contributed by atoms with Crippen LogP contribution in [0.1, 0.15) is 68.2 Å². The van der Waals surface area contributed by atoms with E-state index in [2.05, 4.69) is 0 Å². The molecule has 0 aromatic heterocycles. The van der Waals surface area contributed by atoms with E-state index in [1.807, 2.05) is 0 Å². The minimum absolute atomic E-state index is 0.330. The van der Waals surface area contributed by atoms with Crippen molar-refractivity contribution >= 4 is 35.8 Å². The molecule has 0 aliphatic rings. The van der Waals surface area contributed by atoms with Crippen LogP contribution in [-0.2, 0) is 57.2 Å². The Kier molecular flexibility index (Phi) is 16.6. The number of hydrogen-bond acceptors (Lipinski definition) is 12. The second-order valence-electron chi connectivity index (χ2n) is 9.86. The highest BCUT2D eigenvalue weighted by molar-refractivity contribution is 5.78. The van der Waals surface area contributed by atoms with Crippen LogP contribution in [0.25, 0.3) is 0 Å². The third-order valence-corrected chi connectivity index (χ3v) is 4.66. The van der Waals surface area contributed by atoms with Gasteiger partial charge in [0.1, 0.15) is 26.4 Å². The summed E-state index contributed by atoms with van der Waals surface area (Å²) in [6, 6.07) is 0. The van der Waals surface area contributed by atoms with Gasteiger partial charge in [-0.2, -0.15) is 0 Å². The van der Waals surface area contributed by atoms with Crippen LogP contribution in [0.2, 0.25) is 0 Å². The standard InChI is InChI=1S/C26H42O12/c1-15(2)23(29)33-11-19(12-34-24(30)16(3)4)37-21(27)9-10-22(28)38-20(13-35-25(31)17(5)6)14-36-26(32)18(7)8/h15-20H,9-14H2,1-8H3. The molecule has 0 aromatic rings. The lowest BCUT2D eigenvalue weighted by atomic mass is 10.2. The maximum atomic E-state index is 12.3. The summed E-state index contributed by atoms with van der Waals surface area (Å²) in [6.45, 7) is 11.7. The van der Waals surface area contributed by atoms with Crippen molar-refractivity contribution in [3.8, 4) is 0 Å². The molecule has 0 bridgehead atoms. The summed E-state index contributed by atoms with van der Waals surface area (Å²) in [5.41, 5.74) is 0. The maximum Gasteiger partial charge on any atom is 0.308 e. The number of ether oxygens (including phenoxy) is 6. The molecule has 0 heterocycles. The number of carbonyl (C=O) groups is 6. The van der Waals surface area contributed by atoms with E-state index in [1.54, 1.807) is 55.4 Å². The summed E-state index contributed by atoms with van der Waals surface area (Å²) >= 11 is 0. The fraction of sp³-hybridized carbons (Fsp3) is 0.769. The van der Waals surface area contributed by atoms with E-state index in [0.29, 0.717) is 0 Å². The van der Waals surface area contributed by atoms with Gasteiger partial charge >= 0.3 is 35.8 Å². The molecule has 0 unspecified atom stereocenters. The van der Waals surface area contributed by atoms with Gasteiger partial charge in [-0.15, -0.1) is 0 Å². The molecule has 0 amide bonds. The third-order valence-electron chi connectivity index (χ3n) is 4.66. The van der Waals surface area contributed by atoms with Crippen molar-refractivity contribution in [2.24, 2.45) is 23.7 Å². The Bertz CT molecular complexity index is 686. The van der Waals surface area contributed by atoms with Crippen molar-refractivity contribution in [2.75, 3.05) is 26.4 Å². The third kappa shape index (κ3) is 15.8. The van der Waals surface area contributed by atoms with E-state index < -0.39 is 84.5 Å². The number of hydrogen-bond donors (Lipinski definition) is 0. The van der Waals surface area contributed by atoms with Gasteiger partial charge in [0, 0.05) is 0 Å². The second-order valence-corrected chi connectivity index (χ2v) is 9.86. The van der Waals surface area contributed by atoms with Crippen molar-refractivity contribution in [1.29, 1.82) is 0 Å². The molecule has 0 aliphatic heterocycles. The average Bonchev–Trinajstić information content (AvgIpc) is 2.84. The van der Waals surface area contributed by atoms with E-state index in [4.69, 9.17) is 28.4 Å². The predicted octanol–water partition coefficient (Wildman–Crippen LogP) is 2.39. The first-order chi connectivity index (χ1) is 17.6. The maximum absolute atomic E-state index is 12.3. The lowest BCUT2D eigenvalue weighted by molar-refractivity contribution is -0.172. The van der Waals surface area contributed by atoms with Crippen LogP contribution in [0.5, 0.6) is 0 Å². The molecular weight excluding hydrogens is 504 g/mol. The first-order valence-corrected chi connectivity index (χ1v) is 12.7. The lowest BCUT2D eigenvalue weighted by Crippen LogP contribution is -2.33. The Morgan fingerprint density at radius 3 is 0.816 bits per heavy atom. The Morgan fingerprint density at radius 1 is 0.421 bits per heavy atom. The molecule has 38 heavy (non-hydrogen) atoms. The van der Waals surface area contributed by atoms with Crippen molar-refractivity contribution < 1.29 is 57.2 Å². The first-order valence-electron chi connectivity index (χ1n) is 12.7. The molecule has 218 valence electrons. The van der Waals surface area contributed by atoms with Crippen molar-refractivity contribution in [2.45, 2.75) is 80.4 Å². The SMILES string of the molecule is CC(C)C(=O)OCC(COC(=O)C(C)C)OC(=O)CCC(=O)OC(COC(=O)C(C)C)COC(=O)C(C)C. The van der Waals surface area contributed by atoms with Gasteiger partial charge in [0.2, 0.25) is 0 Å². The van der Waals surface area contributed by atoms with Crippen LogP contribution >= 0.6 is 0 Å². The topological polar surface area (TPSA) is 158 Å². The van der Waals surface area contributed by atoms with Crippen LogP contribution in [0.4, 0.5) is 0 Å². The predicted molar refractivity (Wildman–Crippen MR) is 132 cm³/mol. The van der Waals surface area contributed by atoms with Crippen molar-refractivity contribution in [1.82, 2.24) is 0 Å². The van der Waals surface area contributed by atoms with Crippen molar-refractivity contribution in [3.63, 3.8) is 0 Å². The fourth-order valence-electron chi connectivity index (χ4n) is 2.29. The van der Waals surface area contributed by atoms with E-state index in [9.17, 15) is 28.8 Å². The van der Waals surface area contributed by atoms with E-state index in [1.165, 1.54) is 0 Å². The number of carbonyl (C=O) groups excluding carboxylic acids is 6. The molecule has 12 nitrogen and oxygen atoms in total. The average molecular weight is 547 g/mol. The molecule has 0 atom stereocenters. The molecule has 0 saturated heterocycles. The van der Waals surface area contributed by atoms with Crippen LogP contribution in [-0.4, -0.2) is 74.5 Å². The number of esters is 6. The summed E-state index contributed by atoms with van der Waals surface area (Å²) in [4.78, 5) is 71.7. The molecule has 12 heteroatoms. The minimum Gasteiger partial charge on any atom is -0.461 e. The summed E-state index contributed by atoms with van der Waals surface area (Å²) in [5, 5.41) is 0. The summed E-state index contributed by atoms with van der Waals surface area (Å²) in [5.74, 6) is -5.36.